The van der Waals surface area contributed by atoms with Crippen LogP contribution in [-0.2, 0) is 11.2 Å². The van der Waals surface area contributed by atoms with Crippen molar-refractivity contribution < 1.29 is 9.18 Å². The molecule has 1 amide bonds. The van der Waals surface area contributed by atoms with E-state index in [1.54, 1.807) is 12.3 Å². The lowest BCUT2D eigenvalue weighted by molar-refractivity contribution is -0.136. The molecule has 1 spiro atoms. The smallest absolute Gasteiger partial charge is 0.245 e. The molecule has 1 aromatic carbocycles. The quantitative estimate of drug-likeness (QED) is 0.509. The molecule has 0 radical (unpaired) electrons. The monoisotopic (exact) mass is 510 g/mol. The van der Waals surface area contributed by atoms with Crippen LogP contribution in [0.25, 0.3) is 22.0 Å². The molecule has 3 fully saturated rings. The van der Waals surface area contributed by atoms with Crippen LogP contribution in [0.2, 0.25) is 0 Å². The number of nitrogens with zero attached hydrogens (tertiary/aromatic N) is 5. The van der Waals surface area contributed by atoms with E-state index in [0.717, 1.165) is 66.1 Å². The first-order valence-electron chi connectivity index (χ1n) is 13.4. The summed E-state index contributed by atoms with van der Waals surface area (Å²) in [6, 6.07) is 4.08. The number of halogens is 1. The van der Waals surface area contributed by atoms with Gasteiger partial charge in [0.05, 0.1) is 11.9 Å². The van der Waals surface area contributed by atoms with E-state index in [-0.39, 0.29) is 22.6 Å². The average molecular weight is 511 g/mol. The fourth-order valence-electron chi connectivity index (χ4n) is 7.77. The number of carbonyl (C=O) groups is 1. The van der Waals surface area contributed by atoms with E-state index >= 15 is 0 Å². The van der Waals surface area contributed by atoms with Crippen LogP contribution in [0.15, 0.2) is 24.9 Å². The van der Waals surface area contributed by atoms with Crippen LogP contribution in [0, 0.1) is 40.8 Å². The Bertz CT molecular complexity index is 1590. The highest BCUT2D eigenvalue weighted by Crippen LogP contribution is 2.63. The number of nitrogens with one attached hydrogen (secondary N) is 1. The fraction of sp³-hybridized carbons (Fsp3) is 0.467. The second-order valence-corrected chi connectivity index (χ2v) is 12.5. The van der Waals surface area contributed by atoms with E-state index in [4.69, 9.17) is 4.98 Å². The topological polar surface area (TPSA) is 88.9 Å². The summed E-state index contributed by atoms with van der Waals surface area (Å²) in [6.45, 7) is 13.1. The number of amides is 1. The molecule has 7 nitrogen and oxygen atoms in total. The minimum Gasteiger partial charge on any atom is -0.355 e. The molecule has 2 saturated heterocycles. The lowest BCUT2D eigenvalue weighted by atomic mass is 9.48. The van der Waals surface area contributed by atoms with Gasteiger partial charge in [-0.2, -0.15) is 10.4 Å². The number of H-pyrrole nitrogens is 1. The zero-order valence-corrected chi connectivity index (χ0v) is 22.1. The number of carbonyl (C=O) groups excluding carboxylic acids is 1. The predicted molar refractivity (Wildman–Crippen MR) is 143 cm³/mol. The van der Waals surface area contributed by atoms with Crippen molar-refractivity contribution in [2.24, 2.45) is 16.7 Å². The second-order valence-electron chi connectivity index (χ2n) is 12.5. The Hall–Kier alpha value is -3.73. The van der Waals surface area contributed by atoms with Gasteiger partial charge in [-0.15, -0.1) is 0 Å². The number of aromatic amines is 1. The number of pyridine rings is 1. The third-order valence-electron chi connectivity index (χ3n) is 10.1. The van der Waals surface area contributed by atoms with E-state index < -0.39 is 0 Å². The molecule has 2 aliphatic heterocycles. The molecule has 4 heterocycles. The van der Waals surface area contributed by atoms with Crippen LogP contribution in [0.3, 0.4) is 0 Å². The predicted octanol–water partition coefficient (Wildman–Crippen LogP) is 4.85. The van der Waals surface area contributed by atoms with E-state index in [2.05, 4.69) is 41.6 Å². The van der Waals surface area contributed by atoms with Crippen molar-refractivity contribution in [3.8, 4) is 17.2 Å². The summed E-state index contributed by atoms with van der Waals surface area (Å²) in [4.78, 5) is 21.5. The number of hydrogen-bond acceptors (Lipinski definition) is 5. The Kier molecular flexibility index (Phi) is 4.71. The molecule has 5 aliphatic rings. The van der Waals surface area contributed by atoms with Gasteiger partial charge in [0, 0.05) is 48.5 Å². The third-order valence-corrected chi connectivity index (χ3v) is 10.1. The largest absolute Gasteiger partial charge is 0.355 e. The van der Waals surface area contributed by atoms with Gasteiger partial charge in [-0.1, -0.05) is 20.4 Å². The molecular formula is C30H31FN6O. The summed E-state index contributed by atoms with van der Waals surface area (Å²) in [5, 5.41) is 18.3. The molecule has 3 aliphatic carbocycles. The first kappa shape index (κ1) is 23.4. The van der Waals surface area contributed by atoms with Gasteiger partial charge in [0.2, 0.25) is 5.91 Å². The maximum absolute atomic E-state index is 14.8. The number of likely N-dealkylation sites (tertiary alicyclic amines) is 1. The van der Waals surface area contributed by atoms with Crippen LogP contribution >= 0.6 is 0 Å². The lowest BCUT2D eigenvalue weighted by Crippen LogP contribution is -2.59. The molecule has 1 saturated carbocycles. The van der Waals surface area contributed by atoms with Crippen molar-refractivity contribution in [3.05, 3.63) is 53.1 Å². The minimum absolute atomic E-state index is 0.0214. The Labute approximate surface area is 221 Å². The number of benzene rings is 1. The molecule has 38 heavy (non-hydrogen) atoms. The molecule has 194 valence electrons. The molecule has 0 unspecified atom stereocenters. The number of hydrogen-bond donors (Lipinski definition) is 1. The van der Waals surface area contributed by atoms with Gasteiger partial charge in [0.1, 0.15) is 28.8 Å². The van der Waals surface area contributed by atoms with Crippen molar-refractivity contribution >= 4 is 22.6 Å². The second kappa shape index (κ2) is 7.66. The summed E-state index contributed by atoms with van der Waals surface area (Å²) >= 11 is 0. The fourth-order valence-corrected chi connectivity index (χ4v) is 7.77. The van der Waals surface area contributed by atoms with E-state index in [1.165, 1.54) is 6.08 Å². The molecule has 8 heteroatoms. The Morgan fingerprint density at radius 2 is 2.11 bits per heavy atom. The normalized spacial score (nSPS) is 24.1. The van der Waals surface area contributed by atoms with Gasteiger partial charge in [0.25, 0.3) is 0 Å². The molecule has 8 rings (SSSR count). The first-order chi connectivity index (χ1) is 18.2. The SMILES string of the molecule is C=CC(=O)N1CC2(CCN(c3nc4c(c(-c5c(C)cc(F)c6[nH]ncc56)c3C#N)C[C@H]3C[C@@H]4C3(C)C)C2)C1. The van der Waals surface area contributed by atoms with Gasteiger partial charge in [0.15, 0.2) is 0 Å². The summed E-state index contributed by atoms with van der Waals surface area (Å²) in [5.41, 5.74) is 5.93. The number of rotatable bonds is 3. The van der Waals surface area contributed by atoms with Crippen molar-refractivity contribution in [3.63, 3.8) is 0 Å². The molecule has 1 N–H and O–H groups in total. The highest BCUT2D eigenvalue weighted by molar-refractivity contribution is 6.00. The average Bonchev–Trinajstić information content (AvgIpc) is 3.55. The van der Waals surface area contributed by atoms with Gasteiger partial charge in [-0.3, -0.25) is 9.89 Å². The van der Waals surface area contributed by atoms with Crippen molar-refractivity contribution in [2.75, 3.05) is 31.1 Å². The van der Waals surface area contributed by atoms with Crippen LogP contribution < -0.4 is 4.90 Å². The maximum atomic E-state index is 14.8. The third kappa shape index (κ3) is 2.96. The van der Waals surface area contributed by atoms with Crippen molar-refractivity contribution in [2.45, 2.75) is 46.0 Å². The highest BCUT2D eigenvalue weighted by atomic mass is 19.1. The van der Waals surface area contributed by atoms with E-state index in [0.29, 0.717) is 41.4 Å². The van der Waals surface area contributed by atoms with Crippen LogP contribution in [0.4, 0.5) is 10.2 Å². The lowest BCUT2D eigenvalue weighted by Gasteiger charge is -2.57. The van der Waals surface area contributed by atoms with Crippen molar-refractivity contribution in [1.29, 1.82) is 5.26 Å². The number of aryl methyl sites for hydroxylation is 1. The van der Waals surface area contributed by atoms with Crippen LogP contribution in [0.5, 0.6) is 0 Å². The number of nitriles is 1. The number of aromatic nitrogens is 3. The molecule has 2 bridgehead atoms. The Morgan fingerprint density at radius 1 is 1.32 bits per heavy atom. The molecule has 3 aromatic rings. The van der Waals surface area contributed by atoms with Gasteiger partial charge in [-0.25, -0.2) is 9.37 Å². The molecule has 2 atom stereocenters. The van der Waals surface area contributed by atoms with Gasteiger partial charge < -0.3 is 9.80 Å². The molecular weight excluding hydrogens is 479 g/mol. The standard InChI is InChI=1S/C30H31FN6O/c1-5-23(38)37-14-30(15-37)6-7-36(13-30)28-19(11-32)25(18-9-17-10-21(26(18)34-28)29(17,3)4)24-16(2)8-22(31)27-20(24)12-33-35-27/h5,8,12,17,21H,1,6-7,9-10,13-15H2,2-4H3,(H,33,35)/t17-,21-/m0/s1. The van der Waals surface area contributed by atoms with Crippen LogP contribution in [-0.4, -0.2) is 52.2 Å². The van der Waals surface area contributed by atoms with Crippen molar-refractivity contribution in [1.82, 2.24) is 20.1 Å². The van der Waals surface area contributed by atoms with Crippen LogP contribution in [0.1, 0.15) is 55.0 Å². The van der Waals surface area contributed by atoms with E-state index in [9.17, 15) is 14.4 Å². The summed E-state index contributed by atoms with van der Waals surface area (Å²) < 4.78 is 14.8. The van der Waals surface area contributed by atoms with Gasteiger partial charge in [-0.05, 0) is 66.4 Å². The summed E-state index contributed by atoms with van der Waals surface area (Å²) in [7, 11) is 0. The highest BCUT2D eigenvalue weighted by Gasteiger charge is 2.55. The minimum atomic E-state index is -0.338. The zero-order chi connectivity index (χ0) is 26.6. The first-order valence-corrected chi connectivity index (χ1v) is 13.4. The van der Waals surface area contributed by atoms with Gasteiger partial charge >= 0.3 is 0 Å². The number of fused-ring (bicyclic) bond motifs is 1. The Morgan fingerprint density at radius 3 is 2.82 bits per heavy atom. The summed E-state index contributed by atoms with van der Waals surface area (Å²) in [6.07, 6.45) is 5.98. The van der Waals surface area contributed by atoms with E-state index in [1.807, 2.05) is 11.8 Å². The Balaban J connectivity index is 1.41. The summed E-state index contributed by atoms with van der Waals surface area (Å²) in [5.74, 6) is 1.24. The zero-order valence-electron chi connectivity index (χ0n) is 22.1. The maximum Gasteiger partial charge on any atom is 0.245 e. The number of anilines is 1. The molecule has 2 aromatic heterocycles.